The van der Waals surface area contributed by atoms with E-state index in [0.29, 0.717) is 30.9 Å². The number of para-hydroxylation sites is 2. The Morgan fingerprint density at radius 3 is 2.30 bits per heavy atom. The number of carbonyl (C=O) groups is 2. The van der Waals surface area contributed by atoms with Gasteiger partial charge in [-0.3, -0.25) is 19.4 Å². The van der Waals surface area contributed by atoms with Crippen LogP contribution in [0.3, 0.4) is 0 Å². The normalized spacial score (nSPS) is 13.4. The monoisotopic (exact) mass is 729 g/mol. The Bertz CT molecular complexity index is 1460. The van der Waals surface area contributed by atoms with E-state index in [1.54, 1.807) is 36.3 Å². The molecule has 1 N–H and O–H groups in total. The average molecular weight is 730 g/mol. The fourth-order valence-corrected chi connectivity index (χ4v) is 6.37. The van der Waals surface area contributed by atoms with Crippen molar-refractivity contribution in [3.8, 4) is 23.8 Å². The quantitative estimate of drug-likeness (QED) is 0.0920. The van der Waals surface area contributed by atoms with Crippen molar-refractivity contribution in [2.75, 3.05) is 111 Å². The summed E-state index contributed by atoms with van der Waals surface area (Å²) in [6.45, 7) is 21.1. The van der Waals surface area contributed by atoms with E-state index in [-0.39, 0.29) is 18.4 Å². The maximum Gasteiger partial charge on any atom is 0.253 e. The van der Waals surface area contributed by atoms with E-state index >= 15 is 0 Å². The minimum atomic E-state index is -0.662. The van der Waals surface area contributed by atoms with Crippen molar-refractivity contribution in [2.24, 2.45) is 0 Å². The van der Waals surface area contributed by atoms with Crippen LogP contribution < -0.4 is 19.7 Å². The predicted octanol–water partition coefficient (Wildman–Crippen LogP) is 4.99. The first-order valence-electron chi connectivity index (χ1n) is 19.2. The summed E-state index contributed by atoms with van der Waals surface area (Å²) in [6, 6.07) is 15.3. The number of rotatable bonds is 24. The minimum absolute atomic E-state index is 0.0274. The molecular weight excluding hydrogens is 667 g/mol. The molecular formula is C42H63N7O4. The first-order valence-corrected chi connectivity index (χ1v) is 19.2. The average Bonchev–Trinajstić information content (AvgIpc) is 3.18. The largest absolute Gasteiger partial charge is 0.495 e. The summed E-state index contributed by atoms with van der Waals surface area (Å²) in [4.78, 5) is 41.2. The molecule has 0 aromatic heterocycles. The van der Waals surface area contributed by atoms with Crippen molar-refractivity contribution in [1.29, 1.82) is 0 Å². The number of benzene rings is 2. The van der Waals surface area contributed by atoms with Gasteiger partial charge in [-0.2, -0.15) is 0 Å². The molecule has 290 valence electrons. The second-order valence-corrected chi connectivity index (χ2v) is 14.3. The fourth-order valence-electron chi connectivity index (χ4n) is 6.37. The summed E-state index contributed by atoms with van der Waals surface area (Å²) in [5.74, 6) is 4.00. The van der Waals surface area contributed by atoms with Gasteiger partial charge in [-0.1, -0.05) is 24.5 Å². The molecule has 0 aliphatic carbocycles. The minimum Gasteiger partial charge on any atom is -0.495 e. The molecule has 1 heterocycles. The number of nitrogens with one attached hydrogen (secondary N) is 1. The molecule has 1 aliphatic heterocycles. The highest BCUT2D eigenvalue weighted by molar-refractivity contribution is 5.94. The molecule has 1 saturated heterocycles. The number of carbonyl (C=O) groups excluding carboxylic acids is 2. The van der Waals surface area contributed by atoms with Gasteiger partial charge in [-0.05, 0) is 96.1 Å². The molecule has 0 radical (unpaired) electrons. The Hall–Kier alpha value is -4.29. The van der Waals surface area contributed by atoms with E-state index in [0.717, 1.165) is 109 Å². The smallest absolute Gasteiger partial charge is 0.253 e. The Morgan fingerprint density at radius 1 is 0.906 bits per heavy atom. The van der Waals surface area contributed by atoms with Crippen LogP contribution in [0.4, 0.5) is 5.69 Å². The van der Waals surface area contributed by atoms with Crippen LogP contribution in [0.2, 0.25) is 0 Å². The molecule has 2 amide bonds. The van der Waals surface area contributed by atoms with E-state index in [1.165, 1.54) is 0 Å². The molecule has 11 heteroatoms. The lowest BCUT2D eigenvalue weighted by molar-refractivity contribution is -0.131. The SMILES string of the molecule is [C-]#[N+]CCCCCCNC(=O)C(C)(C)N(C)CCN(CCCCN1CCN(c2ccccc2OC)CC1)CCN(C)C(=O)c1ccc(OCC#C)cc1. The maximum absolute atomic E-state index is 13.3. The summed E-state index contributed by atoms with van der Waals surface area (Å²) < 4.78 is 11.0. The Balaban J connectivity index is 1.51. The summed E-state index contributed by atoms with van der Waals surface area (Å²) in [7, 11) is 5.59. The highest BCUT2D eigenvalue weighted by atomic mass is 16.5. The Morgan fingerprint density at radius 2 is 1.60 bits per heavy atom. The van der Waals surface area contributed by atoms with Crippen molar-refractivity contribution in [2.45, 2.75) is 57.9 Å². The summed E-state index contributed by atoms with van der Waals surface area (Å²) in [5, 5.41) is 3.13. The van der Waals surface area contributed by atoms with Gasteiger partial charge in [0.2, 0.25) is 12.5 Å². The van der Waals surface area contributed by atoms with Gasteiger partial charge >= 0.3 is 0 Å². The van der Waals surface area contributed by atoms with Gasteiger partial charge in [-0.25, -0.2) is 6.57 Å². The lowest BCUT2D eigenvalue weighted by Crippen LogP contribution is -2.55. The molecule has 0 unspecified atom stereocenters. The zero-order valence-electron chi connectivity index (χ0n) is 32.9. The number of methoxy groups -OCH3 is 1. The van der Waals surface area contributed by atoms with E-state index in [9.17, 15) is 9.59 Å². The number of unbranched alkanes of at least 4 members (excludes halogenated alkanes) is 4. The second kappa shape index (κ2) is 23.4. The molecule has 0 bridgehead atoms. The first-order chi connectivity index (χ1) is 25.6. The van der Waals surface area contributed by atoms with Crippen LogP contribution >= 0.6 is 0 Å². The number of hydrogen-bond acceptors (Lipinski definition) is 8. The number of terminal acetylenes is 1. The molecule has 1 aliphatic rings. The second-order valence-electron chi connectivity index (χ2n) is 14.3. The van der Waals surface area contributed by atoms with Crippen LogP contribution in [0, 0.1) is 18.9 Å². The van der Waals surface area contributed by atoms with E-state index in [1.807, 2.05) is 40.1 Å². The zero-order valence-corrected chi connectivity index (χ0v) is 32.9. The van der Waals surface area contributed by atoms with Gasteiger partial charge in [0.15, 0.2) is 0 Å². The van der Waals surface area contributed by atoms with Gasteiger partial charge in [0.1, 0.15) is 18.1 Å². The van der Waals surface area contributed by atoms with Crippen molar-refractivity contribution in [3.63, 3.8) is 0 Å². The maximum atomic E-state index is 13.3. The number of amides is 2. The molecule has 2 aromatic rings. The number of nitrogens with zero attached hydrogens (tertiary/aromatic N) is 6. The number of ether oxygens (including phenoxy) is 2. The van der Waals surface area contributed by atoms with Gasteiger partial charge in [0, 0.05) is 77.9 Å². The van der Waals surface area contributed by atoms with Crippen molar-refractivity contribution in [3.05, 3.63) is 65.5 Å². The van der Waals surface area contributed by atoms with Crippen LogP contribution in [0.15, 0.2) is 48.5 Å². The van der Waals surface area contributed by atoms with Crippen molar-refractivity contribution >= 4 is 17.5 Å². The van der Waals surface area contributed by atoms with E-state index in [4.69, 9.17) is 22.5 Å². The molecule has 1 fully saturated rings. The fraction of sp³-hybridized carbons (Fsp3) is 0.595. The van der Waals surface area contributed by atoms with E-state index < -0.39 is 5.54 Å². The first kappa shape index (κ1) is 43.1. The van der Waals surface area contributed by atoms with Crippen LogP contribution in [-0.4, -0.2) is 143 Å². The standard InChI is InChI=1S/C42H63N7O4/c1-8-35-53-37-21-19-36(20-22-37)40(50)45(5)27-29-47(30-28-46(6)42(2,3)41(51)44-24-14-10-9-13-23-43-4)25-15-16-26-48-31-33-49(34-32-48)38-17-11-12-18-39(38)52-7/h1,11-12,17-22H,9-10,13-16,23-35H2,2-3,5-7H3,(H,44,51). The molecule has 2 aromatic carbocycles. The molecule has 11 nitrogen and oxygen atoms in total. The Labute approximate surface area is 319 Å². The molecule has 3 rings (SSSR count). The number of likely N-dealkylation sites (N-methyl/N-ethyl adjacent to an activating group) is 2. The van der Waals surface area contributed by atoms with Gasteiger partial charge in [0.25, 0.3) is 5.91 Å². The molecule has 0 spiro atoms. The number of piperazine rings is 1. The van der Waals surface area contributed by atoms with Crippen LogP contribution in [0.1, 0.15) is 62.7 Å². The van der Waals surface area contributed by atoms with Gasteiger partial charge < -0.3 is 34.3 Å². The Kier molecular flexibility index (Phi) is 19.0. The lowest BCUT2D eigenvalue weighted by Gasteiger charge is -2.37. The number of hydrogen-bond donors (Lipinski definition) is 1. The van der Waals surface area contributed by atoms with E-state index in [2.05, 4.69) is 47.8 Å². The van der Waals surface area contributed by atoms with Crippen molar-refractivity contribution in [1.82, 2.24) is 24.9 Å². The highest BCUT2D eigenvalue weighted by Crippen LogP contribution is 2.28. The third-order valence-electron chi connectivity index (χ3n) is 10.3. The third-order valence-corrected chi connectivity index (χ3v) is 10.3. The molecule has 0 atom stereocenters. The number of anilines is 1. The zero-order chi connectivity index (χ0) is 38.5. The van der Waals surface area contributed by atoms with Gasteiger partial charge in [0.05, 0.1) is 18.3 Å². The third kappa shape index (κ3) is 14.6. The highest BCUT2D eigenvalue weighted by Gasteiger charge is 2.32. The summed E-state index contributed by atoms with van der Waals surface area (Å²) in [5.41, 5.74) is 1.10. The van der Waals surface area contributed by atoms with Crippen LogP contribution in [0.25, 0.3) is 4.85 Å². The van der Waals surface area contributed by atoms with Crippen LogP contribution in [0.5, 0.6) is 11.5 Å². The topological polar surface area (TPSA) is 85.2 Å². The summed E-state index contributed by atoms with van der Waals surface area (Å²) >= 11 is 0. The van der Waals surface area contributed by atoms with Crippen molar-refractivity contribution < 1.29 is 19.1 Å². The summed E-state index contributed by atoms with van der Waals surface area (Å²) in [6.07, 6.45) is 11.3. The van der Waals surface area contributed by atoms with Crippen LogP contribution in [-0.2, 0) is 4.79 Å². The predicted molar refractivity (Wildman–Crippen MR) is 215 cm³/mol. The molecule has 0 saturated carbocycles. The molecule has 53 heavy (non-hydrogen) atoms. The lowest BCUT2D eigenvalue weighted by atomic mass is 10.0. The van der Waals surface area contributed by atoms with Gasteiger partial charge in [-0.15, -0.1) is 6.42 Å².